The number of nitrogens with zero attached hydrogens (tertiary/aromatic N) is 2. The summed E-state index contributed by atoms with van der Waals surface area (Å²) in [6, 6.07) is 6.41. The van der Waals surface area contributed by atoms with Crippen molar-refractivity contribution in [3.8, 4) is 0 Å². The van der Waals surface area contributed by atoms with Crippen molar-refractivity contribution in [1.82, 2.24) is 9.21 Å². The number of sulfonamides is 1. The summed E-state index contributed by atoms with van der Waals surface area (Å²) in [6.07, 6.45) is 3.51. The molecule has 0 spiro atoms. The van der Waals surface area contributed by atoms with Gasteiger partial charge in [-0.1, -0.05) is 32.8 Å². The van der Waals surface area contributed by atoms with Gasteiger partial charge in [0, 0.05) is 38.8 Å². The second kappa shape index (κ2) is 8.44. The molecule has 29 heavy (non-hydrogen) atoms. The molecule has 0 radical (unpaired) electrons. The van der Waals surface area contributed by atoms with Crippen LogP contribution in [0.1, 0.15) is 39.5 Å². The number of benzene rings is 1. The average molecular weight is 422 g/mol. The minimum absolute atomic E-state index is 0.0417. The molecule has 1 saturated carbocycles. The lowest BCUT2D eigenvalue weighted by Gasteiger charge is -2.40. The number of hydrogen-bond donors (Lipinski definition) is 1. The highest BCUT2D eigenvalue weighted by molar-refractivity contribution is 7.89. The molecule has 1 N–H and O–H groups in total. The fourth-order valence-corrected chi connectivity index (χ4v) is 5.36. The molecule has 1 heterocycles. The number of carbonyl (C=O) groups excluding carboxylic acids is 2. The maximum Gasteiger partial charge on any atom is 0.242 e. The Morgan fingerprint density at radius 1 is 1.21 bits per heavy atom. The zero-order valence-corrected chi connectivity index (χ0v) is 18.4. The second-order valence-corrected chi connectivity index (χ2v) is 10.7. The van der Waals surface area contributed by atoms with Gasteiger partial charge in [-0.3, -0.25) is 9.59 Å². The first kappa shape index (κ1) is 21.8. The Morgan fingerprint density at radius 3 is 2.62 bits per heavy atom. The fourth-order valence-electron chi connectivity index (χ4n) is 4.41. The number of likely N-dealkylation sites (tertiary alicyclic amines) is 1. The molecule has 2 fully saturated rings. The van der Waals surface area contributed by atoms with E-state index in [1.165, 1.54) is 32.6 Å². The Hall–Kier alpha value is -1.93. The Bertz CT molecular complexity index is 884. The monoisotopic (exact) mass is 421 g/mol. The van der Waals surface area contributed by atoms with E-state index >= 15 is 0 Å². The van der Waals surface area contributed by atoms with Crippen LogP contribution in [0.3, 0.4) is 0 Å². The molecule has 7 nitrogen and oxygen atoms in total. The quantitative estimate of drug-likeness (QED) is 0.792. The van der Waals surface area contributed by atoms with Gasteiger partial charge in [-0.05, 0) is 36.5 Å². The second-order valence-electron chi connectivity index (χ2n) is 8.59. The number of amides is 2. The van der Waals surface area contributed by atoms with Gasteiger partial charge >= 0.3 is 0 Å². The van der Waals surface area contributed by atoms with Gasteiger partial charge < -0.3 is 10.2 Å². The third-order valence-electron chi connectivity index (χ3n) is 6.47. The highest BCUT2D eigenvalue weighted by atomic mass is 32.2. The Labute approximate surface area is 173 Å². The highest BCUT2D eigenvalue weighted by Gasteiger charge is 2.41. The fraction of sp³-hybridized carbons (Fsp3) is 0.619. The number of rotatable bonds is 5. The van der Waals surface area contributed by atoms with Crippen LogP contribution in [-0.2, 0) is 19.6 Å². The van der Waals surface area contributed by atoms with Crippen molar-refractivity contribution in [1.29, 1.82) is 0 Å². The molecule has 3 rings (SSSR count). The first-order valence-electron chi connectivity index (χ1n) is 10.2. The molecule has 0 unspecified atom stereocenters. The van der Waals surface area contributed by atoms with E-state index in [1.807, 2.05) is 4.90 Å². The van der Waals surface area contributed by atoms with Gasteiger partial charge in [0.1, 0.15) is 0 Å². The van der Waals surface area contributed by atoms with Crippen molar-refractivity contribution in [2.45, 2.75) is 50.5 Å². The van der Waals surface area contributed by atoms with Gasteiger partial charge in [-0.25, -0.2) is 12.7 Å². The van der Waals surface area contributed by atoms with Crippen molar-refractivity contribution in [3.63, 3.8) is 0 Å². The zero-order chi connectivity index (χ0) is 21.3. The third kappa shape index (κ3) is 4.48. The largest absolute Gasteiger partial charge is 0.339 e. The van der Waals surface area contributed by atoms with Crippen LogP contribution in [-0.4, -0.2) is 56.1 Å². The molecule has 1 aliphatic carbocycles. The number of carbonyl (C=O) groups is 2. The van der Waals surface area contributed by atoms with E-state index in [0.29, 0.717) is 24.1 Å². The van der Waals surface area contributed by atoms with Crippen LogP contribution < -0.4 is 5.32 Å². The van der Waals surface area contributed by atoms with Crippen molar-refractivity contribution in [3.05, 3.63) is 24.3 Å². The summed E-state index contributed by atoms with van der Waals surface area (Å²) in [6.45, 7) is 4.87. The third-order valence-corrected chi connectivity index (χ3v) is 8.28. The van der Waals surface area contributed by atoms with E-state index in [-0.39, 0.29) is 29.2 Å². The van der Waals surface area contributed by atoms with E-state index in [9.17, 15) is 18.0 Å². The van der Waals surface area contributed by atoms with Gasteiger partial charge in [-0.15, -0.1) is 0 Å². The summed E-state index contributed by atoms with van der Waals surface area (Å²) < 4.78 is 25.7. The summed E-state index contributed by atoms with van der Waals surface area (Å²) in [5.41, 5.74) is 0.420. The molecule has 8 heteroatoms. The van der Waals surface area contributed by atoms with Crippen LogP contribution in [0.5, 0.6) is 0 Å². The van der Waals surface area contributed by atoms with Gasteiger partial charge in [0.2, 0.25) is 21.8 Å². The molecule has 1 aliphatic heterocycles. The molecule has 0 bridgehead atoms. The van der Waals surface area contributed by atoms with Crippen molar-refractivity contribution >= 4 is 27.5 Å². The molecular weight excluding hydrogens is 390 g/mol. The molecule has 1 aromatic carbocycles. The number of anilines is 1. The maximum absolute atomic E-state index is 12.8. The number of nitrogens with one attached hydrogen (secondary N) is 1. The van der Waals surface area contributed by atoms with E-state index in [0.717, 1.165) is 17.1 Å². The molecule has 4 atom stereocenters. The zero-order valence-electron chi connectivity index (χ0n) is 17.6. The Balaban J connectivity index is 1.69. The summed E-state index contributed by atoms with van der Waals surface area (Å²) in [5, 5.41) is 2.80. The van der Waals surface area contributed by atoms with Crippen molar-refractivity contribution in [2.75, 3.05) is 26.0 Å². The van der Waals surface area contributed by atoms with Crippen LogP contribution in [0, 0.1) is 17.8 Å². The van der Waals surface area contributed by atoms with Crippen LogP contribution in [0.2, 0.25) is 0 Å². The van der Waals surface area contributed by atoms with Crippen molar-refractivity contribution in [2.24, 2.45) is 17.8 Å². The summed E-state index contributed by atoms with van der Waals surface area (Å²) in [4.78, 5) is 27.4. The standard InChI is InChI=1S/C21H31N3O4S/c1-14-7-5-10-19(15(14)2)24-13-16(11-20(24)25)21(26)22-17-8-6-9-18(12-17)29(27,28)23(3)4/h6,8-9,12,14-16,19H,5,7,10-11,13H2,1-4H3,(H,22,26)/t14-,15-,16-,19-/m1/s1. The minimum atomic E-state index is -3.58. The SMILES string of the molecule is C[C@@H]1[C@H](C)CCC[C@H]1N1C[C@H](C(=O)Nc2cccc(S(=O)(=O)N(C)C)c2)CC1=O. The van der Waals surface area contributed by atoms with Gasteiger partial charge in [-0.2, -0.15) is 0 Å². The van der Waals surface area contributed by atoms with E-state index in [2.05, 4.69) is 19.2 Å². The molecule has 1 saturated heterocycles. The van der Waals surface area contributed by atoms with Gasteiger partial charge in [0.15, 0.2) is 0 Å². The van der Waals surface area contributed by atoms with Gasteiger partial charge in [0.05, 0.1) is 10.8 Å². The normalized spacial score (nSPS) is 28.0. The molecular formula is C21H31N3O4S. The van der Waals surface area contributed by atoms with E-state index < -0.39 is 15.9 Å². The van der Waals surface area contributed by atoms with Crippen LogP contribution in [0.4, 0.5) is 5.69 Å². The summed E-state index contributed by atoms with van der Waals surface area (Å²) in [5.74, 6) is 0.399. The topological polar surface area (TPSA) is 86.8 Å². The first-order valence-corrected chi connectivity index (χ1v) is 11.7. The van der Waals surface area contributed by atoms with Gasteiger partial charge in [0.25, 0.3) is 0 Å². The summed E-state index contributed by atoms with van der Waals surface area (Å²) >= 11 is 0. The molecule has 0 aromatic heterocycles. The lowest BCUT2D eigenvalue weighted by Crippen LogP contribution is -2.45. The lowest BCUT2D eigenvalue weighted by molar-refractivity contribution is -0.131. The molecule has 2 amide bonds. The van der Waals surface area contributed by atoms with E-state index in [1.54, 1.807) is 12.1 Å². The Kier molecular flexibility index (Phi) is 6.33. The maximum atomic E-state index is 12.8. The summed E-state index contributed by atoms with van der Waals surface area (Å²) in [7, 11) is -0.649. The van der Waals surface area contributed by atoms with Crippen molar-refractivity contribution < 1.29 is 18.0 Å². The minimum Gasteiger partial charge on any atom is -0.339 e. The lowest BCUT2D eigenvalue weighted by atomic mass is 9.77. The van der Waals surface area contributed by atoms with E-state index in [4.69, 9.17) is 0 Å². The van der Waals surface area contributed by atoms with Crippen LogP contribution in [0.25, 0.3) is 0 Å². The predicted molar refractivity (Wildman–Crippen MR) is 112 cm³/mol. The molecule has 1 aromatic rings. The van der Waals surface area contributed by atoms with Crippen LogP contribution in [0.15, 0.2) is 29.2 Å². The Morgan fingerprint density at radius 2 is 1.93 bits per heavy atom. The molecule has 160 valence electrons. The number of hydrogen-bond acceptors (Lipinski definition) is 4. The highest BCUT2D eigenvalue weighted by Crippen LogP contribution is 2.36. The average Bonchev–Trinajstić information content (AvgIpc) is 3.06. The predicted octanol–water partition coefficient (Wildman–Crippen LogP) is 2.55. The molecule has 2 aliphatic rings. The smallest absolute Gasteiger partial charge is 0.242 e. The van der Waals surface area contributed by atoms with Crippen LogP contribution >= 0.6 is 0 Å². The first-order chi connectivity index (χ1) is 13.6.